The summed E-state index contributed by atoms with van der Waals surface area (Å²) in [6, 6.07) is 0. The molecule has 0 unspecified atom stereocenters. The Balaban J connectivity index is 0.000000531. The molecule has 2 rings (SSSR count). The second-order valence-corrected chi connectivity index (χ2v) is 3.09. The van der Waals surface area contributed by atoms with E-state index in [0.29, 0.717) is 0 Å². The number of allylic oxidation sites excluding steroid dienone is 8. The first-order valence-corrected chi connectivity index (χ1v) is 5.28. The zero-order chi connectivity index (χ0) is 9.52. The number of hydrogen-bond donors (Lipinski definition) is 0. The zero-order valence-electron chi connectivity index (χ0n) is 8.46. The van der Waals surface area contributed by atoms with E-state index < -0.39 is 0 Å². The van der Waals surface area contributed by atoms with Crippen molar-refractivity contribution in [3.63, 3.8) is 0 Å². The average molecular weight is 373 g/mol. The first kappa shape index (κ1) is 14.1. The zero-order valence-corrected chi connectivity index (χ0v) is 12.8. The molecule has 0 heterocycles. The molecule has 0 nitrogen and oxygen atoms in total. The molecule has 2 heteroatoms. The Morgan fingerprint density at radius 1 is 1.00 bits per heavy atom. The van der Waals surface area contributed by atoms with Crippen LogP contribution in [0.15, 0.2) is 47.6 Å². The molecule has 0 N–H and O–H groups in total. The molecule has 0 aromatic heterocycles. The normalized spacial score (nSPS) is 16.7. The molecule has 0 radical (unpaired) electrons. The maximum Gasteiger partial charge on any atom is 0.0108 e. The summed E-state index contributed by atoms with van der Waals surface area (Å²) in [5.74, 6) is 0. The molecule has 0 aliphatic heterocycles. The summed E-state index contributed by atoms with van der Waals surface area (Å²) in [5, 5.41) is 0. The molecule has 14 heavy (non-hydrogen) atoms. The Morgan fingerprint density at radius 3 is 1.71 bits per heavy atom. The first-order chi connectivity index (χ1) is 6.45. The topological polar surface area (TPSA) is 0 Å². The van der Waals surface area contributed by atoms with E-state index in [-0.39, 0.29) is 25.8 Å². The Labute approximate surface area is 110 Å². The van der Waals surface area contributed by atoms with Crippen molar-refractivity contribution in [2.24, 2.45) is 0 Å². The summed E-state index contributed by atoms with van der Waals surface area (Å²) >= 11 is 4.64. The van der Waals surface area contributed by atoms with Crippen molar-refractivity contribution in [3.8, 4) is 0 Å². The van der Waals surface area contributed by atoms with E-state index in [1.165, 1.54) is 12.8 Å². The van der Waals surface area contributed by atoms with Crippen molar-refractivity contribution in [1.29, 1.82) is 0 Å². The van der Waals surface area contributed by atoms with Gasteiger partial charge in [-0.1, -0.05) is 47.6 Å². The van der Waals surface area contributed by atoms with E-state index in [1.807, 2.05) is 0 Å². The summed E-state index contributed by atoms with van der Waals surface area (Å²) in [5.41, 5.74) is 3.11. The quantitative estimate of drug-likeness (QED) is 0.507. The van der Waals surface area contributed by atoms with Gasteiger partial charge in [0.05, 0.1) is 0 Å². The van der Waals surface area contributed by atoms with Gasteiger partial charge in [-0.05, 0) is 19.3 Å². The van der Waals surface area contributed by atoms with Gasteiger partial charge in [0.25, 0.3) is 0 Å². The smallest absolute Gasteiger partial charge is 0.0108 e. The van der Waals surface area contributed by atoms with Crippen LogP contribution in [0.1, 0.15) is 19.3 Å². The Hall–Kier alpha value is 0.120. The number of hydrogen-bond acceptors (Lipinski definition) is 0. The Morgan fingerprint density at radius 2 is 1.43 bits per heavy atom. The predicted molar refractivity (Wildman–Crippen MR) is 60.1 cm³/mol. The van der Waals surface area contributed by atoms with Gasteiger partial charge in [-0.15, -0.1) is 11.6 Å². The van der Waals surface area contributed by atoms with Gasteiger partial charge >= 0.3 is 0 Å². The third-order valence-corrected chi connectivity index (χ3v) is 2.15. The third kappa shape index (κ3) is 4.56. The molecule has 74 valence electrons. The largest absolute Gasteiger partial charge is 0.130 e. The van der Waals surface area contributed by atoms with Gasteiger partial charge in [-0.3, -0.25) is 0 Å². The van der Waals surface area contributed by atoms with Gasteiger partial charge < -0.3 is 0 Å². The van der Waals surface area contributed by atoms with Crippen molar-refractivity contribution in [2.75, 3.05) is 6.38 Å². The molecule has 0 aromatic rings. The molecule has 2 aliphatic rings. The maximum atomic E-state index is 4.64. The van der Waals surface area contributed by atoms with Crippen LogP contribution in [0.4, 0.5) is 0 Å². The van der Waals surface area contributed by atoms with E-state index in [9.17, 15) is 0 Å². The molecule has 0 amide bonds. The summed E-state index contributed by atoms with van der Waals surface area (Å²) in [7, 11) is 0. The Bertz CT molecular complexity index is 244. The van der Waals surface area contributed by atoms with Crippen LogP contribution in [0.5, 0.6) is 0 Å². The summed E-state index contributed by atoms with van der Waals surface area (Å²) in [4.78, 5) is 0. The van der Waals surface area contributed by atoms with E-state index in [1.54, 1.807) is 11.1 Å². The molecule has 0 aromatic carbocycles. The number of alkyl halides is 1. The molecular formula is C12H15ClHf. The molecule has 0 atom stereocenters. The molecule has 0 saturated carbocycles. The standard InChI is InChI=1S/C11H12.CH3Cl.Hf/c1-2-6-10(5-1)9-11-7-3-4-8-11;1-2;/h1-5,7H,6,8-9H2;1H3;. The molecule has 0 saturated heterocycles. The first-order valence-electron chi connectivity index (χ1n) is 4.52. The van der Waals surface area contributed by atoms with Crippen LogP contribution in [-0.2, 0) is 25.8 Å². The maximum absolute atomic E-state index is 4.64. The second kappa shape index (κ2) is 8.43. The monoisotopic (exact) mass is 374 g/mol. The van der Waals surface area contributed by atoms with E-state index in [0.717, 1.165) is 12.8 Å². The van der Waals surface area contributed by atoms with Crippen LogP contribution >= 0.6 is 11.6 Å². The minimum atomic E-state index is 0. The van der Waals surface area contributed by atoms with Crippen molar-refractivity contribution in [1.82, 2.24) is 0 Å². The van der Waals surface area contributed by atoms with Crippen LogP contribution in [-0.4, -0.2) is 6.38 Å². The summed E-state index contributed by atoms with van der Waals surface area (Å²) in [6.07, 6.45) is 18.2. The summed E-state index contributed by atoms with van der Waals surface area (Å²) in [6.45, 7) is 0. The van der Waals surface area contributed by atoms with Gasteiger partial charge in [0.1, 0.15) is 0 Å². The van der Waals surface area contributed by atoms with Gasteiger partial charge in [0.15, 0.2) is 0 Å². The SMILES string of the molecule is C1=CCC(CC2=CC=CC2)=C1.CCl.[Hf]. The summed E-state index contributed by atoms with van der Waals surface area (Å²) < 4.78 is 0. The average Bonchev–Trinajstić information content (AvgIpc) is 2.81. The van der Waals surface area contributed by atoms with Crippen LogP contribution < -0.4 is 0 Å². The molecule has 0 bridgehead atoms. The fourth-order valence-electron chi connectivity index (χ4n) is 1.54. The number of rotatable bonds is 2. The van der Waals surface area contributed by atoms with Gasteiger partial charge in [0, 0.05) is 32.2 Å². The Kier molecular flexibility index (Phi) is 8.50. The van der Waals surface area contributed by atoms with E-state index >= 15 is 0 Å². The minimum Gasteiger partial charge on any atom is -0.130 e. The second-order valence-electron chi connectivity index (χ2n) is 3.09. The van der Waals surface area contributed by atoms with Crippen LogP contribution in [0.25, 0.3) is 0 Å². The third-order valence-electron chi connectivity index (χ3n) is 2.15. The minimum absolute atomic E-state index is 0. The van der Waals surface area contributed by atoms with Crippen LogP contribution in [0, 0.1) is 0 Å². The van der Waals surface area contributed by atoms with Gasteiger partial charge in [-0.2, -0.15) is 0 Å². The van der Waals surface area contributed by atoms with Crippen molar-refractivity contribution in [2.45, 2.75) is 19.3 Å². The van der Waals surface area contributed by atoms with Crippen LogP contribution in [0.2, 0.25) is 0 Å². The predicted octanol–water partition coefficient (Wildman–Crippen LogP) is 4.00. The van der Waals surface area contributed by atoms with Crippen molar-refractivity contribution < 1.29 is 25.8 Å². The molecule has 2 aliphatic carbocycles. The molecule has 0 fully saturated rings. The van der Waals surface area contributed by atoms with Crippen molar-refractivity contribution >= 4 is 11.6 Å². The van der Waals surface area contributed by atoms with Crippen LogP contribution in [0.3, 0.4) is 0 Å². The van der Waals surface area contributed by atoms with E-state index in [4.69, 9.17) is 0 Å². The van der Waals surface area contributed by atoms with Gasteiger partial charge in [-0.25, -0.2) is 0 Å². The van der Waals surface area contributed by atoms with Gasteiger partial charge in [0.2, 0.25) is 0 Å². The van der Waals surface area contributed by atoms with E-state index in [2.05, 4.69) is 48.1 Å². The van der Waals surface area contributed by atoms with Crippen molar-refractivity contribution in [3.05, 3.63) is 47.6 Å². The number of halogens is 1. The molecule has 0 spiro atoms. The fourth-order valence-corrected chi connectivity index (χ4v) is 1.54. The fraction of sp³-hybridized carbons (Fsp3) is 0.333. The molecular weight excluding hydrogens is 358 g/mol.